The van der Waals surface area contributed by atoms with Crippen molar-refractivity contribution in [3.05, 3.63) is 29.6 Å². The van der Waals surface area contributed by atoms with Crippen LogP contribution in [0.25, 0.3) is 0 Å². The minimum Gasteiger partial charge on any atom is -0.480 e. The number of carbonyl (C=O) groups excluding carboxylic acids is 1. The Labute approximate surface area is 113 Å². The number of aryl methyl sites for hydroxylation is 1. The van der Waals surface area contributed by atoms with Gasteiger partial charge in [-0.2, -0.15) is 0 Å². The fourth-order valence-corrected chi connectivity index (χ4v) is 2.91. The van der Waals surface area contributed by atoms with E-state index < -0.39 is 23.9 Å². The Morgan fingerprint density at radius 2 is 2.26 bits per heavy atom. The summed E-state index contributed by atoms with van der Waals surface area (Å²) in [6, 6.07) is 2.71. The molecule has 5 nitrogen and oxygen atoms in total. The highest BCUT2D eigenvalue weighted by Gasteiger charge is 2.34. The smallest absolute Gasteiger partial charge is 0.327 e. The predicted octanol–water partition coefficient (Wildman–Crippen LogP) is 2.13. The van der Waals surface area contributed by atoms with Gasteiger partial charge in [-0.15, -0.1) is 11.8 Å². The minimum absolute atomic E-state index is 0.317. The van der Waals surface area contributed by atoms with Gasteiger partial charge in [0.1, 0.15) is 11.9 Å². The van der Waals surface area contributed by atoms with Gasteiger partial charge in [0.15, 0.2) is 0 Å². The van der Waals surface area contributed by atoms with Gasteiger partial charge < -0.3 is 15.3 Å². The first kappa shape index (κ1) is 13.7. The molecule has 102 valence electrons. The first-order valence-electron chi connectivity index (χ1n) is 5.63. The molecule has 0 spiro atoms. The van der Waals surface area contributed by atoms with Crippen LogP contribution in [-0.4, -0.2) is 39.7 Å². The fraction of sp³-hybridized carbons (Fsp3) is 0.333. The second kappa shape index (κ2) is 5.48. The number of hydrogen-bond donors (Lipinski definition) is 2. The van der Waals surface area contributed by atoms with Crippen molar-refractivity contribution in [2.24, 2.45) is 0 Å². The largest absolute Gasteiger partial charge is 0.480 e. The number of nitrogens with zero attached hydrogens (tertiary/aromatic N) is 1. The molecule has 1 aliphatic rings. The number of urea groups is 1. The number of carboxylic acids is 1. The molecule has 0 aromatic heterocycles. The van der Waals surface area contributed by atoms with E-state index in [9.17, 15) is 14.0 Å². The van der Waals surface area contributed by atoms with Crippen LogP contribution in [0, 0.1) is 12.7 Å². The van der Waals surface area contributed by atoms with E-state index in [-0.39, 0.29) is 0 Å². The number of anilines is 1. The van der Waals surface area contributed by atoms with Gasteiger partial charge in [0, 0.05) is 11.4 Å². The molecule has 1 atom stereocenters. The monoisotopic (exact) mass is 284 g/mol. The molecule has 2 rings (SSSR count). The molecule has 0 saturated carbocycles. The second-order valence-electron chi connectivity index (χ2n) is 4.21. The van der Waals surface area contributed by atoms with Gasteiger partial charge >= 0.3 is 12.0 Å². The van der Waals surface area contributed by atoms with Crippen LogP contribution in [0.5, 0.6) is 0 Å². The summed E-state index contributed by atoms with van der Waals surface area (Å²) in [6.07, 6.45) is 0. The first-order valence-corrected chi connectivity index (χ1v) is 6.79. The Bertz CT molecular complexity index is 524. The third-order valence-electron chi connectivity index (χ3n) is 2.87. The zero-order valence-electron chi connectivity index (χ0n) is 10.2. The van der Waals surface area contributed by atoms with Gasteiger partial charge in [-0.1, -0.05) is 6.07 Å². The summed E-state index contributed by atoms with van der Waals surface area (Å²) in [7, 11) is 0. The van der Waals surface area contributed by atoms with E-state index >= 15 is 0 Å². The van der Waals surface area contributed by atoms with Crippen LogP contribution < -0.4 is 5.32 Å². The molecule has 1 saturated heterocycles. The summed E-state index contributed by atoms with van der Waals surface area (Å²) in [5.74, 6) is -0.801. The predicted molar refractivity (Wildman–Crippen MR) is 70.7 cm³/mol. The van der Waals surface area contributed by atoms with Crippen molar-refractivity contribution in [3.8, 4) is 0 Å². The fourth-order valence-electron chi connectivity index (χ4n) is 1.76. The van der Waals surface area contributed by atoms with Crippen LogP contribution in [0.1, 0.15) is 5.56 Å². The lowest BCUT2D eigenvalue weighted by Gasteiger charge is -2.21. The Hall–Kier alpha value is -1.76. The lowest BCUT2D eigenvalue weighted by atomic mass is 10.2. The lowest BCUT2D eigenvalue weighted by molar-refractivity contribution is -0.140. The van der Waals surface area contributed by atoms with Crippen molar-refractivity contribution < 1.29 is 19.1 Å². The molecule has 0 radical (unpaired) electrons. The van der Waals surface area contributed by atoms with Gasteiger partial charge in [-0.3, -0.25) is 0 Å². The van der Waals surface area contributed by atoms with Crippen LogP contribution in [0.2, 0.25) is 0 Å². The molecule has 1 unspecified atom stereocenters. The average Bonchev–Trinajstić information content (AvgIpc) is 2.83. The number of rotatable bonds is 2. The van der Waals surface area contributed by atoms with Crippen molar-refractivity contribution in [2.75, 3.05) is 16.9 Å². The highest BCUT2D eigenvalue weighted by atomic mass is 32.2. The molecule has 1 aromatic carbocycles. The molecule has 2 amide bonds. The van der Waals surface area contributed by atoms with Crippen molar-refractivity contribution in [1.82, 2.24) is 4.90 Å². The number of nitrogens with one attached hydrogen (secondary N) is 1. The van der Waals surface area contributed by atoms with E-state index in [1.807, 2.05) is 0 Å². The Balaban J connectivity index is 2.12. The topological polar surface area (TPSA) is 69.6 Å². The number of halogens is 1. The Morgan fingerprint density at radius 3 is 2.95 bits per heavy atom. The molecular weight excluding hydrogens is 271 g/mol. The van der Waals surface area contributed by atoms with Gasteiger partial charge in [-0.05, 0) is 24.6 Å². The summed E-state index contributed by atoms with van der Waals surface area (Å²) in [6.45, 7) is 1.74. The standard InChI is InChI=1S/C12H13FN2O3S/c1-7-2-3-8(13)4-9(7)14-12(18)15-6-19-5-10(15)11(16)17/h2-4,10H,5-6H2,1H3,(H,14,18)(H,16,17). The van der Waals surface area contributed by atoms with E-state index in [1.165, 1.54) is 28.8 Å². The summed E-state index contributed by atoms with van der Waals surface area (Å²) < 4.78 is 13.1. The van der Waals surface area contributed by atoms with Crippen LogP contribution >= 0.6 is 11.8 Å². The number of hydrogen-bond acceptors (Lipinski definition) is 3. The number of carboxylic acid groups (broad SMARTS) is 1. The van der Waals surface area contributed by atoms with Gasteiger partial charge in [-0.25, -0.2) is 14.0 Å². The molecule has 1 aromatic rings. The van der Waals surface area contributed by atoms with E-state index in [2.05, 4.69) is 5.32 Å². The maximum Gasteiger partial charge on any atom is 0.327 e. The molecular formula is C12H13FN2O3S. The number of carbonyl (C=O) groups is 2. The number of amides is 2. The van der Waals surface area contributed by atoms with Crippen LogP contribution in [-0.2, 0) is 4.79 Å². The van der Waals surface area contributed by atoms with Gasteiger partial charge in [0.25, 0.3) is 0 Å². The first-order chi connectivity index (χ1) is 8.99. The van der Waals surface area contributed by atoms with E-state index in [1.54, 1.807) is 13.0 Å². The summed E-state index contributed by atoms with van der Waals surface area (Å²) in [4.78, 5) is 24.2. The number of benzene rings is 1. The van der Waals surface area contributed by atoms with E-state index in [0.717, 1.165) is 0 Å². The molecule has 0 aliphatic carbocycles. The molecule has 1 fully saturated rings. The molecule has 7 heteroatoms. The van der Waals surface area contributed by atoms with Crippen molar-refractivity contribution in [1.29, 1.82) is 0 Å². The van der Waals surface area contributed by atoms with E-state index in [0.29, 0.717) is 22.9 Å². The zero-order valence-corrected chi connectivity index (χ0v) is 11.0. The summed E-state index contributed by atoms with van der Waals surface area (Å²) in [5, 5.41) is 11.6. The normalized spacial score (nSPS) is 18.4. The molecule has 19 heavy (non-hydrogen) atoms. The van der Waals surface area contributed by atoms with Crippen molar-refractivity contribution >= 4 is 29.4 Å². The van der Waals surface area contributed by atoms with Gasteiger partial charge in [0.05, 0.1) is 5.88 Å². The maximum atomic E-state index is 13.1. The summed E-state index contributed by atoms with van der Waals surface area (Å²) >= 11 is 1.38. The van der Waals surface area contributed by atoms with E-state index in [4.69, 9.17) is 5.11 Å². The van der Waals surface area contributed by atoms with Crippen molar-refractivity contribution in [2.45, 2.75) is 13.0 Å². The molecule has 2 N–H and O–H groups in total. The quantitative estimate of drug-likeness (QED) is 0.873. The highest BCUT2D eigenvalue weighted by molar-refractivity contribution is 7.99. The Morgan fingerprint density at radius 1 is 1.53 bits per heavy atom. The highest BCUT2D eigenvalue weighted by Crippen LogP contribution is 2.23. The lowest BCUT2D eigenvalue weighted by Crippen LogP contribution is -2.44. The third kappa shape index (κ3) is 2.98. The average molecular weight is 284 g/mol. The van der Waals surface area contributed by atoms with Crippen LogP contribution in [0.4, 0.5) is 14.9 Å². The van der Waals surface area contributed by atoms with Gasteiger partial charge in [0.2, 0.25) is 0 Å². The van der Waals surface area contributed by atoms with Crippen LogP contribution in [0.3, 0.4) is 0 Å². The number of aliphatic carboxylic acids is 1. The molecule has 1 aliphatic heterocycles. The molecule has 0 bridgehead atoms. The second-order valence-corrected chi connectivity index (χ2v) is 5.21. The summed E-state index contributed by atoms with van der Waals surface area (Å²) in [5.41, 5.74) is 1.07. The maximum absolute atomic E-state index is 13.1. The SMILES string of the molecule is Cc1ccc(F)cc1NC(=O)N1CSCC1C(=O)O. The zero-order chi connectivity index (χ0) is 14.0. The number of thioether (sulfide) groups is 1. The third-order valence-corrected chi connectivity index (χ3v) is 3.88. The van der Waals surface area contributed by atoms with Crippen LogP contribution in [0.15, 0.2) is 18.2 Å². The Kier molecular flexibility index (Phi) is 3.94. The molecule has 1 heterocycles. The minimum atomic E-state index is -1.03. The van der Waals surface area contributed by atoms with Crippen molar-refractivity contribution in [3.63, 3.8) is 0 Å².